The summed E-state index contributed by atoms with van der Waals surface area (Å²) in [4.78, 5) is 0. The lowest BCUT2D eigenvalue weighted by molar-refractivity contribution is 0.0200. The van der Waals surface area contributed by atoms with Crippen molar-refractivity contribution in [3.05, 3.63) is 0 Å². The molecular formula is C9H18O2. The minimum absolute atomic E-state index is 0.0948. The van der Waals surface area contributed by atoms with Crippen LogP contribution in [0.1, 0.15) is 33.6 Å². The average Bonchev–Trinajstić information content (AvgIpc) is 2.03. The van der Waals surface area contributed by atoms with Crippen LogP contribution < -0.4 is 0 Å². The Morgan fingerprint density at radius 3 is 2.09 bits per heavy atom. The summed E-state index contributed by atoms with van der Waals surface area (Å²) in [6.45, 7) is 6.32. The average molecular weight is 158 g/mol. The van der Waals surface area contributed by atoms with E-state index in [1.165, 1.54) is 0 Å². The Morgan fingerprint density at radius 2 is 1.91 bits per heavy atom. The number of hydrogen-bond acceptors (Lipinski definition) is 2. The maximum Gasteiger partial charge on any atom is 0.0621 e. The molecule has 0 heterocycles. The van der Waals surface area contributed by atoms with Crippen LogP contribution in [0.5, 0.6) is 0 Å². The van der Waals surface area contributed by atoms with Gasteiger partial charge in [-0.25, -0.2) is 0 Å². The van der Waals surface area contributed by atoms with Crippen molar-refractivity contribution in [1.29, 1.82) is 0 Å². The third-order valence-electron chi connectivity index (χ3n) is 2.79. The first-order valence-electron chi connectivity index (χ1n) is 4.19. The number of hydrogen-bond donors (Lipinski definition) is 2. The van der Waals surface area contributed by atoms with Crippen molar-refractivity contribution < 1.29 is 10.2 Å². The highest BCUT2D eigenvalue weighted by molar-refractivity contribution is 4.96. The maximum atomic E-state index is 9.62. The normalized spacial score (nSPS) is 42.8. The van der Waals surface area contributed by atoms with Crippen molar-refractivity contribution in [1.82, 2.24) is 0 Å². The van der Waals surface area contributed by atoms with Gasteiger partial charge in [-0.05, 0) is 18.3 Å². The van der Waals surface area contributed by atoms with Crippen LogP contribution in [-0.2, 0) is 0 Å². The van der Waals surface area contributed by atoms with Crippen molar-refractivity contribution in [3.63, 3.8) is 0 Å². The molecule has 1 aliphatic carbocycles. The smallest absolute Gasteiger partial charge is 0.0621 e. The molecule has 1 rings (SSSR count). The Kier molecular flexibility index (Phi) is 2.01. The molecule has 0 aromatic heterocycles. The fourth-order valence-corrected chi connectivity index (χ4v) is 2.21. The summed E-state index contributed by atoms with van der Waals surface area (Å²) in [6.07, 6.45) is 1.39. The van der Waals surface area contributed by atoms with Gasteiger partial charge in [0.05, 0.1) is 12.7 Å². The van der Waals surface area contributed by atoms with Gasteiger partial charge in [0.25, 0.3) is 0 Å². The predicted molar refractivity (Wildman–Crippen MR) is 44.2 cm³/mol. The van der Waals surface area contributed by atoms with Crippen LogP contribution >= 0.6 is 0 Å². The van der Waals surface area contributed by atoms with Gasteiger partial charge in [-0.3, -0.25) is 0 Å². The zero-order valence-corrected chi connectivity index (χ0v) is 7.59. The zero-order valence-electron chi connectivity index (χ0n) is 7.59. The summed E-state index contributed by atoms with van der Waals surface area (Å²) >= 11 is 0. The van der Waals surface area contributed by atoms with E-state index in [0.717, 1.165) is 12.8 Å². The molecule has 2 N–H and O–H groups in total. The first-order valence-corrected chi connectivity index (χ1v) is 4.19. The molecule has 1 fully saturated rings. The second kappa shape index (κ2) is 2.46. The molecular weight excluding hydrogens is 140 g/mol. The highest BCUT2D eigenvalue weighted by Gasteiger charge is 2.46. The molecule has 0 aromatic carbocycles. The van der Waals surface area contributed by atoms with Crippen LogP contribution in [0.15, 0.2) is 0 Å². The minimum Gasteiger partial charge on any atom is -0.396 e. The minimum atomic E-state index is -0.331. The summed E-state index contributed by atoms with van der Waals surface area (Å²) in [6, 6.07) is 0. The summed E-state index contributed by atoms with van der Waals surface area (Å²) < 4.78 is 0. The second-order valence-corrected chi connectivity index (χ2v) is 4.87. The lowest BCUT2D eigenvalue weighted by atomic mass is 9.83. The van der Waals surface area contributed by atoms with E-state index < -0.39 is 0 Å². The largest absolute Gasteiger partial charge is 0.396 e. The van der Waals surface area contributed by atoms with Crippen LogP contribution in [-0.4, -0.2) is 22.9 Å². The van der Waals surface area contributed by atoms with Crippen LogP contribution in [0, 0.1) is 10.8 Å². The van der Waals surface area contributed by atoms with Crippen molar-refractivity contribution in [2.24, 2.45) is 10.8 Å². The summed E-state index contributed by atoms with van der Waals surface area (Å²) in [5, 5.41) is 18.7. The molecule has 0 radical (unpaired) electrons. The van der Waals surface area contributed by atoms with E-state index in [1.54, 1.807) is 0 Å². The monoisotopic (exact) mass is 158 g/mol. The van der Waals surface area contributed by atoms with Gasteiger partial charge in [0.15, 0.2) is 0 Å². The summed E-state index contributed by atoms with van der Waals surface area (Å²) in [5.74, 6) is 0. The Labute approximate surface area is 68.2 Å². The lowest BCUT2D eigenvalue weighted by Gasteiger charge is -2.25. The van der Waals surface area contributed by atoms with Crippen LogP contribution in [0.4, 0.5) is 0 Å². The summed E-state index contributed by atoms with van der Waals surface area (Å²) in [7, 11) is 0. The topological polar surface area (TPSA) is 40.5 Å². The standard InChI is InChI=1S/C9H18O2/c1-8(2)4-7(11)9(3,5-8)6-10/h7,10-11H,4-6H2,1-3H3. The lowest BCUT2D eigenvalue weighted by Crippen LogP contribution is -2.30. The molecule has 0 saturated heterocycles. The van der Waals surface area contributed by atoms with E-state index >= 15 is 0 Å². The quantitative estimate of drug-likeness (QED) is 0.601. The van der Waals surface area contributed by atoms with Gasteiger partial charge >= 0.3 is 0 Å². The van der Waals surface area contributed by atoms with E-state index in [2.05, 4.69) is 13.8 Å². The van der Waals surface area contributed by atoms with Crippen molar-refractivity contribution in [2.45, 2.75) is 39.7 Å². The van der Waals surface area contributed by atoms with Crippen molar-refractivity contribution in [3.8, 4) is 0 Å². The molecule has 0 aromatic rings. The number of aliphatic hydroxyl groups is 2. The van der Waals surface area contributed by atoms with E-state index in [0.29, 0.717) is 0 Å². The van der Waals surface area contributed by atoms with E-state index in [1.807, 2.05) is 6.92 Å². The molecule has 2 atom stereocenters. The Bertz CT molecular complexity index is 154. The number of aliphatic hydroxyl groups excluding tert-OH is 2. The van der Waals surface area contributed by atoms with Gasteiger partial charge in [0.2, 0.25) is 0 Å². The molecule has 0 amide bonds. The van der Waals surface area contributed by atoms with Gasteiger partial charge in [0.1, 0.15) is 0 Å². The molecule has 11 heavy (non-hydrogen) atoms. The molecule has 0 spiro atoms. The first kappa shape index (κ1) is 9.01. The Morgan fingerprint density at radius 1 is 1.36 bits per heavy atom. The molecule has 2 nitrogen and oxygen atoms in total. The maximum absolute atomic E-state index is 9.62. The summed E-state index contributed by atoms with van der Waals surface area (Å²) in [5.41, 5.74) is -0.0691. The molecule has 0 aliphatic heterocycles. The van der Waals surface area contributed by atoms with Gasteiger partial charge in [-0.15, -0.1) is 0 Å². The third kappa shape index (κ3) is 1.57. The van der Waals surface area contributed by atoms with E-state index in [-0.39, 0.29) is 23.5 Å². The SMILES string of the molecule is CC1(C)CC(O)C(C)(CO)C1. The fourth-order valence-electron chi connectivity index (χ4n) is 2.21. The van der Waals surface area contributed by atoms with Gasteiger partial charge < -0.3 is 10.2 Å². The number of rotatable bonds is 1. The fraction of sp³-hybridized carbons (Fsp3) is 1.00. The van der Waals surface area contributed by atoms with Crippen molar-refractivity contribution >= 4 is 0 Å². The molecule has 2 heteroatoms. The Balaban J connectivity index is 2.73. The van der Waals surface area contributed by atoms with Gasteiger partial charge in [0, 0.05) is 5.41 Å². The van der Waals surface area contributed by atoms with E-state index in [4.69, 9.17) is 5.11 Å². The zero-order chi connectivity index (χ0) is 8.70. The third-order valence-corrected chi connectivity index (χ3v) is 2.79. The van der Waals surface area contributed by atoms with Gasteiger partial charge in [-0.2, -0.15) is 0 Å². The molecule has 1 saturated carbocycles. The van der Waals surface area contributed by atoms with Gasteiger partial charge in [-0.1, -0.05) is 20.8 Å². The first-order chi connectivity index (χ1) is 4.90. The van der Waals surface area contributed by atoms with Crippen LogP contribution in [0.3, 0.4) is 0 Å². The molecule has 0 bridgehead atoms. The van der Waals surface area contributed by atoms with Crippen LogP contribution in [0.25, 0.3) is 0 Å². The Hall–Kier alpha value is -0.0800. The molecule has 2 unspecified atom stereocenters. The highest BCUT2D eigenvalue weighted by atomic mass is 16.3. The second-order valence-electron chi connectivity index (χ2n) is 4.87. The molecule has 1 aliphatic rings. The predicted octanol–water partition coefficient (Wildman–Crippen LogP) is 1.17. The van der Waals surface area contributed by atoms with Crippen molar-refractivity contribution in [2.75, 3.05) is 6.61 Å². The van der Waals surface area contributed by atoms with E-state index in [9.17, 15) is 5.11 Å². The molecule has 66 valence electrons. The van der Waals surface area contributed by atoms with Crippen LogP contribution in [0.2, 0.25) is 0 Å². The highest BCUT2D eigenvalue weighted by Crippen LogP contribution is 2.48.